The minimum absolute atomic E-state index is 0.155. The minimum atomic E-state index is -3.55. The lowest BCUT2D eigenvalue weighted by Gasteiger charge is -2.25. The van der Waals surface area contributed by atoms with Gasteiger partial charge in [0, 0.05) is 19.0 Å². The Balaban J connectivity index is 1.62. The Morgan fingerprint density at radius 2 is 1.76 bits per heavy atom. The van der Waals surface area contributed by atoms with E-state index >= 15 is 0 Å². The lowest BCUT2D eigenvalue weighted by Crippen LogP contribution is -2.33. The standard InChI is InChI=1S/C24H32N2O7S/c1-5-19(17-8-10-20(30-2)22(15-17)31-3)25-24(27)7-6-12-26(34(4,28)29)18-9-11-21-23(16-18)33-14-13-32-21/h8-11,15-16,19H,5-7,12-14H2,1-4H3,(H,25,27). The Hall–Kier alpha value is -3.14. The van der Waals surface area contributed by atoms with Crippen LogP contribution in [0.3, 0.4) is 0 Å². The first-order valence-corrected chi connectivity index (χ1v) is 13.0. The molecule has 186 valence electrons. The summed E-state index contributed by atoms with van der Waals surface area (Å²) < 4.78 is 47.9. The first kappa shape index (κ1) is 25.5. The number of carbonyl (C=O) groups excluding carboxylic acids is 1. The van der Waals surface area contributed by atoms with E-state index in [2.05, 4.69) is 5.32 Å². The summed E-state index contributed by atoms with van der Waals surface area (Å²) in [5.74, 6) is 2.15. The largest absolute Gasteiger partial charge is 0.493 e. The van der Waals surface area contributed by atoms with Gasteiger partial charge in [0.25, 0.3) is 0 Å². The summed E-state index contributed by atoms with van der Waals surface area (Å²) >= 11 is 0. The third-order valence-corrected chi connectivity index (χ3v) is 6.73. The predicted octanol–water partition coefficient (Wildman–Crippen LogP) is 3.29. The van der Waals surface area contributed by atoms with E-state index in [0.717, 1.165) is 11.8 Å². The number of carbonyl (C=O) groups is 1. The Morgan fingerprint density at radius 3 is 2.41 bits per heavy atom. The van der Waals surface area contributed by atoms with Crippen molar-refractivity contribution in [1.29, 1.82) is 0 Å². The van der Waals surface area contributed by atoms with E-state index in [1.807, 2.05) is 19.1 Å². The van der Waals surface area contributed by atoms with Crippen LogP contribution in [0.2, 0.25) is 0 Å². The summed E-state index contributed by atoms with van der Waals surface area (Å²) in [6.45, 7) is 3.02. The van der Waals surface area contributed by atoms with E-state index < -0.39 is 10.0 Å². The molecule has 0 spiro atoms. The monoisotopic (exact) mass is 492 g/mol. The molecule has 0 aliphatic carbocycles. The molecular formula is C24H32N2O7S. The van der Waals surface area contributed by atoms with Gasteiger partial charge in [0.15, 0.2) is 23.0 Å². The van der Waals surface area contributed by atoms with Gasteiger partial charge in [0.1, 0.15) is 13.2 Å². The smallest absolute Gasteiger partial charge is 0.232 e. The van der Waals surface area contributed by atoms with Crippen molar-refractivity contribution in [3.63, 3.8) is 0 Å². The van der Waals surface area contributed by atoms with Crippen LogP contribution < -0.4 is 28.6 Å². The number of hydrogen-bond acceptors (Lipinski definition) is 7. The zero-order valence-corrected chi connectivity index (χ0v) is 20.8. The summed E-state index contributed by atoms with van der Waals surface area (Å²) in [5, 5.41) is 3.03. The summed E-state index contributed by atoms with van der Waals surface area (Å²) in [6.07, 6.45) is 2.37. The number of amides is 1. The lowest BCUT2D eigenvalue weighted by molar-refractivity contribution is -0.121. The molecule has 0 aromatic heterocycles. The Labute approximate surface area is 201 Å². The SMILES string of the molecule is CCC(NC(=O)CCCN(c1ccc2c(c1)OCCO2)S(C)(=O)=O)c1ccc(OC)c(OC)c1. The zero-order valence-electron chi connectivity index (χ0n) is 20.0. The molecule has 0 radical (unpaired) electrons. The molecule has 0 saturated heterocycles. The molecule has 0 bridgehead atoms. The zero-order chi connectivity index (χ0) is 24.7. The number of sulfonamides is 1. The van der Waals surface area contributed by atoms with Crippen LogP contribution >= 0.6 is 0 Å². The second-order valence-electron chi connectivity index (χ2n) is 7.91. The molecule has 1 aliphatic rings. The number of nitrogens with zero attached hydrogens (tertiary/aromatic N) is 1. The molecule has 34 heavy (non-hydrogen) atoms. The van der Waals surface area contributed by atoms with Crippen LogP contribution in [0, 0.1) is 0 Å². The minimum Gasteiger partial charge on any atom is -0.493 e. The van der Waals surface area contributed by atoms with Crippen LogP contribution in [0.5, 0.6) is 23.0 Å². The number of fused-ring (bicyclic) bond motifs is 1. The molecule has 1 atom stereocenters. The maximum Gasteiger partial charge on any atom is 0.232 e. The van der Waals surface area contributed by atoms with E-state index in [-0.39, 0.29) is 24.9 Å². The number of anilines is 1. The molecule has 9 nitrogen and oxygen atoms in total. The summed E-state index contributed by atoms with van der Waals surface area (Å²) in [7, 11) is -0.411. The fraction of sp³-hybridized carbons (Fsp3) is 0.458. The van der Waals surface area contributed by atoms with E-state index in [1.165, 1.54) is 4.31 Å². The highest BCUT2D eigenvalue weighted by Crippen LogP contribution is 2.35. The maximum atomic E-state index is 12.7. The number of methoxy groups -OCH3 is 2. The van der Waals surface area contributed by atoms with Crippen LogP contribution in [0.1, 0.15) is 37.8 Å². The van der Waals surface area contributed by atoms with Gasteiger partial charge >= 0.3 is 0 Å². The van der Waals surface area contributed by atoms with Crippen molar-refractivity contribution in [1.82, 2.24) is 5.32 Å². The van der Waals surface area contributed by atoms with E-state index in [1.54, 1.807) is 38.5 Å². The van der Waals surface area contributed by atoms with Crippen molar-refractivity contribution in [2.45, 2.75) is 32.2 Å². The number of rotatable bonds is 11. The van der Waals surface area contributed by atoms with Gasteiger partial charge in [-0.1, -0.05) is 13.0 Å². The van der Waals surface area contributed by atoms with Gasteiger partial charge < -0.3 is 24.3 Å². The molecular weight excluding hydrogens is 460 g/mol. The molecule has 1 amide bonds. The lowest BCUT2D eigenvalue weighted by atomic mass is 10.0. The molecule has 0 saturated carbocycles. The molecule has 2 aromatic rings. The van der Waals surface area contributed by atoms with Crippen LogP contribution in [0.15, 0.2) is 36.4 Å². The number of ether oxygens (including phenoxy) is 4. The van der Waals surface area contributed by atoms with Crippen LogP contribution in [-0.4, -0.2) is 54.6 Å². The number of benzene rings is 2. The van der Waals surface area contributed by atoms with Crippen molar-refractivity contribution in [3.8, 4) is 23.0 Å². The molecule has 2 aromatic carbocycles. The molecule has 10 heteroatoms. The van der Waals surface area contributed by atoms with E-state index in [4.69, 9.17) is 18.9 Å². The predicted molar refractivity (Wildman–Crippen MR) is 130 cm³/mol. The van der Waals surface area contributed by atoms with Gasteiger partial charge in [0.2, 0.25) is 15.9 Å². The van der Waals surface area contributed by atoms with Gasteiger partial charge in [-0.3, -0.25) is 9.10 Å². The third-order valence-electron chi connectivity index (χ3n) is 5.53. The number of nitrogens with one attached hydrogen (secondary N) is 1. The van der Waals surface area contributed by atoms with Gasteiger partial charge in [0.05, 0.1) is 32.2 Å². The number of hydrogen-bond donors (Lipinski definition) is 1. The fourth-order valence-corrected chi connectivity index (χ4v) is 4.77. The average Bonchev–Trinajstić information content (AvgIpc) is 2.83. The van der Waals surface area contributed by atoms with Crippen LogP contribution in [0.25, 0.3) is 0 Å². The highest BCUT2D eigenvalue weighted by molar-refractivity contribution is 7.92. The highest BCUT2D eigenvalue weighted by Gasteiger charge is 2.21. The highest BCUT2D eigenvalue weighted by atomic mass is 32.2. The summed E-state index contributed by atoms with van der Waals surface area (Å²) in [4.78, 5) is 12.7. The Bertz CT molecular complexity index is 1100. The van der Waals surface area contributed by atoms with Crippen molar-refractivity contribution < 1.29 is 32.2 Å². The van der Waals surface area contributed by atoms with Crippen molar-refractivity contribution in [2.24, 2.45) is 0 Å². The van der Waals surface area contributed by atoms with Gasteiger partial charge in [-0.2, -0.15) is 0 Å². The van der Waals surface area contributed by atoms with Gasteiger partial charge in [-0.05, 0) is 42.7 Å². The summed E-state index contributed by atoms with van der Waals surface area (Å²) in [6, 6.07) is 10.4. The van der Waals surface area contributed by atoms with E-state index in [9.17, 15) is 13.2 Å². The molecule has 3 rings (SSSR count). The van der Waals surface area contributed by atoms with Crippen molar-refractivity contribution >= 4 is 21.6 Å². The molecule has 1 aliphatic heterocycles. The molecule has 1 N–H and O–H groups in total. The molecule has 1 heterocycles. The average molecular weight is 493 g/mol. The first-order chi connectivity index (χ1) is 16.3. The normalized spacial score (nSPS) is 13.6. The second kappa shape index (κ2) is 11.3. The molecule has 1 unspecified atom stereocenters. The first-order valence-electron chi connectivity index (χ1n) is 11.2. The van der Waals surface area contributed by atoms with Crippen molar-refractivity contribution in [3.05, 3.63) is 42.0 Å². The second-order valence-corrected chi connectivity index (χ2v) is 9.82. The fourth-order valence-electron chi connectivity index (χ4n) is 3.81. The van der Waals surface area contributed by atoms with E-state index in [0.29, 0.717) is 54.7 Å². The third kappa shape index (κ3) is 6.25. The Morgan fingerprint density at radius 1 is 1.06 bits per heavy atom. The van der Waals surface area contributed by atoms with Crippen LogP contribution in [0.4, 0.5) is 5.69 Å². The van der Waals surface area contributed by atoms with Gasteiger partial charge in [-0.15, -0.1) is 0 Å². The summed E-state index contributed by atoms with van der Waals surface area (Å²) in [5.41, 5.74) is 1.38. The van der Waals surface area contributed by atoms with Crippen molar-refractivity contribution in [2.75, 3.05) is 44.5 Å². The topological polar surface area (TPSA) is 103 Å². The van der Waals surface area contributed by atoms with Crippen LogP contribution in [-0.2, 0) is 14.8 Å². The quantitative estimate of drug-likeness (QED) is 0.513. The maximum absolute atomic E-state index is 12.7. The Kier molecular flexibility index (Phi) is 8.49. The molecule has 0 fully saturated rings. The van der Waals surface area contributed by atoms with Gasteiger partial charge in [-0.25, -0.2) is 8.42 Å².